The Morgan fingerprint density at radius 1 is 1.33 bits per heavy atom. The van der Waals surface area contributed by atoms with Crippen LogP contribution in [0, 0.1) is 0 Å². The molecule has 0 radical (unpaired) electrons. The summed E-state index contributed by atoms with van der Waals surface area (Å²) in [4.78, 5) is 13.7. The quantitative estimate of drug-likeness (QED) is 0.929. The molecular weight excluding hydrogens is 268 g/mol. The van der Waals surface area contributed by atoms with Crippen molar-refractivity contribution in [2.24, 2.45) is 5.73 Å². The molecule has 1 aliphatic heterocycles. The Bertz CT molecular complexity index is 479. The van der Waals surface area contributed by atoms with Crippen molar-refractivity contribution >= 4 is 6.09 Å². The SMILES string of the molecule is CC(C)(C)OC(=O)N1CCC(Oc2ccc(CN)cc2)C1. The maximum atomic E-state index is 12.0. The molecule has 0 saturated carbocycles. The van der Waals surface area contributed by atoms with Crippen LogP contribution in [0.1, 0.15) is 32.8 Å². The highest BCUT2D eigenvalue weighted by Gasteiger charge is 2.30. The van der Waals surface area contributed by atoms with E-state index in [0.717, 1.165) is 17.7 Å². The van der Waals surface area contributed by atoms with Gasteiger partial charge in [0.15, 0.2) is 0 Å². The van der Waals surface area contributed by atoms with Gasteiger partial charge in [-0.1, -0.05) is 12.1 Å². The van der Waals surface area contributed by atoms with Crippen molar-refractivity contribution in [3.05, 3.63) is 29.8 Å². The number of hydrogen-bond donors (Lipinski definition) is 1. The van der Waals surface area contributed by atoms with Gasteiger partial charge in [-0.15, -0.1) is 0 Å². The summed E-state index contributed by atoms with van der Waals surface area (Å²) in [6, 6.07) is 7.74. The van der Waals surface area contributed by atoms with Crippen molar-refractivity contribution in [2.75, 3.05) is 13.1 Å². The van der Waals surface area contributed by atoms with E-state index in [1.54, 1.807) is 4.90 Å². The second-order valence-corrected chi connectivity index (χ2v) is 6.30. The summed E-state index contributed by atoms with van der Waals surface area (Å²) in [6.07, 6.45) is 0.561. The van der Waals surface area contributed by atoms with E-state index in [-0.39, 0.29) is 12.2 Å². The van der Waals surface area contributed by atoms with Gasteiger partial charge < -0.3 is 20.1 Å². The molecule has 1 heterocycles. The summed E-state index contributed by atoms with van der Waals surface area (Å²) >= 11 is 0. The fourth-order valence-corrected chi connectivity index (χ4v) is 2.21. The van der Waals surface area contributed by atoms with Crippen LogP contribution in [0.3, 0.4) is 0 Å². The molecule has 21 heavy (non-hydrogen) atoms. The lowest BCUT2D eigenvalue weighted by atomic mass is 10.2. The van der Waals surface area contributed by atoms with E-state index in [1.165, 1.54) is 0 Å². The Hall–Kier alpha value is -1.75. The van der Waals surface area contributed by atoms with E-state index in [1.807, 2.05) is 45.0 Å². The lowest BCUT2D eigenvalue weighted by Gasteiger charge is -2.24. The molecule has 0 aromatic heterocycles. The van der Waals surface area contributed by atoms with Gasteiger partial charge in [-0.3, -0.25) is 0 Å². The fourth-order valence-electron chi connectivity index (χ4n) is 2.21. The van der Waals surface area contributed by atoms with Crippen molar-refractivity contribution in [1.29, 1.82) is 0 Å². The number of ether oxygens (including phenoxy) is 2. The molecule has 0 aliphatic carbocycles. The van der Waals surface area contributed by atoms with Crippen LogP contribution in [0.25, 0.3) is 0 Å². The van der Waals surface area contributed by atoms with Crippen LogP contribution in [0.15, 0.2) is 24.3 Å². The summed E-state index contributed by atoms with van der Waals surface area (Å²) in [5.74, 6) is 0.809. The third-order valence-electron chi connectivity index (χ3n) is 3.26. The first-order chi connectivity index (χ1) is 9.87. The zero-order valence-corrected chi connectivity index (χ0v) is 13.0. The monoisotopic (exact) mass is 292 g/mol. The highest BCUT2D eigenvalue weighted by molar-refractivity contribution is 5.68. The predicted molar refractivity (Wildman–Crippen MR) is 81.2 cm³/mol. The first kappa shape index (κ1) is 15.6. The number of benzene rings is 1. The van der Waals surface area contributed by atoms with Crippen LogP contribution in [-0.4, -0.2) is 35.8 Å². The second-order valence-electron chi connectivity index (χ2n) is 6.30. The molecule has 1 aromatic rings. The van der Waals surface area contributed by atoms with Crippen molar-refractivity contribution < 1.29 is 14.3 Å². The topological polar surface area (TPSA) is 64.8 Å². The first-order valence-corrected chi connectivity index (χ1v) is 7.31. The third kappa shape index (κ3) is 4.63. The number of likely N-dealkylation sites (tertiary alicyclic amines) is 1. The zero-order valence-electron chi connectivity index (χ0n) is 13.0. The molecule has 1 fully saturated rings. The van der Waals surface area contributed by atoms with Crippen LogP contribution in [-0.2, 0) is 11.3 Å². The molecule has 1 saturated heterocycles. The minimum absolute atomic E-state index is 0.0150. The van der Waals surface area contributed by atoms with E-state index < -0.39 is 5.60 Å². The van der Waals surface area contributed by atoms with Gasteiger partial charge in [0, 0.05) is 19.5 Å². The van der Waals surface area contributed by atoms with E-state index in [0.29, 0.717) is 19.6 Å². The smallest absolute Gasteiger partial charge is 0.410 e. The van der Waals surface area contributed by atoms with Gasteiger partial charge in [0.25, 0.3) is 0 Å². The van der Waals surface area contributed by atoms with E-state index in [9.17, 15) is 4.79 Å². The van der Waals surface area contributed by atoms with Gasteiger partial charge in [-0.2, -0.15) is 0 Å². The minimum Gasteiger partial charge on any atom is -0.489 e. The van der Waals surface area contributed by atoms with Crippen LogP contribution < -0.4 is 10.5 Å². The third-order valence-corrected chi connectivity index (χ3v) is 3.26. The molecule has 2 N–H and O–H groups in total. The number of carbonyl (C=O) groups is 1. The lowest BCUT2D eigenvalue weighted by molar-refractivity contribution is 0.0275. The average Bonchev–Trinajstić information content (AvgIpc) is 2.86. The average molecular weight is 292 g/mol. The summed E-state index contributed by atoms with van der Waals surface area (Å²) in [6.45, 7) is 7.36. The molecule has 5 nitrogen and oxygen atoms in total. The van der Waals surface area contributed by atoms with E-state index in [4.69, 9.17) is 15.2 Å². The molecule has 5 heteroatoms. The van der Waals surface area contributed by atoms with Crippen molar-refractivity contribution in [3.8, 4) is 5.75 Å². The Kier molecular flexibility index (Phi) is 4.73. The first-order valence-electron chi connectivity index (χ1n) is 7.31. The standard InChI is InChI=1S/C16H24N2O3/c1-16(2,3)21-15(19)18-9-8-14(11-18)20-13-6-4-12(10-17)5-7-13/h4-7,14H,8-11,17H2,1-3H3. The number of carbonyl (C=O) groups excluding carboxylic acids is 1. The number of rotatable bonds is 3. The summed E-state index contributed by atoms with van der Waals surface area (Å²) in [5, 5.41) is 0. The van der Waals surface area contributed by atoms with Gasteiger partial charge in [0.1, 0.15) is 17.5 Å². The minimum atomic E-state index is -0.464. The van der Waals surface area contributed by atoms with Gasteiger partial charge in [-0.05, 0) is 38.5 Å². The van der Waals surface area contributed by atoms with Crippen LogP contribution in [0.4, 0.5) is 4.79 Å². The van der Waals surface area contributed by atoms with Crippen LogP contribution in [0.2, 0.25) is 0 Å². The lowest BCUT2D eigenvalue weighted by Crippen LogP contribution is -2.36. The molecule has 1 amide bonds. The molecule has 0 spiro atoms. The number of nitrogens with two attached hydrogens (primary N) is 1. The normalized spacial score (nSPS) is 18.7. The second kappa shape index (κ2) is 6.35. The Balaban J connectivity index is 1.86. The summed E-state index contributed by atoms with van der Waals surface area (Å²) < 4.78 is 11.3. The fraction of sp³-hybridized carbons (Fsp3) is 0.562. The molecular formula is C16H24N2O3. The highest BCUT2D eigenvalue weighted by atomic mass is 16.6. The predicted octanol–water partition coefficient (Wildman–Crippen LogP) is 2.53. The van der Waals surface area contributed by atoms with Crippen molar-refractivity contribution in [1.82, 2.24) is 4.90 Å². The maximum absolute atomic E-state index is 12.0. The molecule has 1 aliphatic rings. The molecule has 2 rings (SSSR count). The molecule has 1 aromatic carbocycles. The largest absolute Gasteiger partial charge is 0.489 e. The highest BCUT2D eigenvalue weighted by Crippen LogP contribution is 2.20. The maximum Gasteiger partial charge on any atom is 0.410 e. The van der Waals surface area contributed by atoms with E-state index >= 15 is 0 Å². The van der Waals surface area contributed by atoms with E-state index in [2.05, 4.69) is 0 Å². The van der Waals surface area contributed by atoms with Crippen LogP contribution >= 0.6 is 0 Å². The number of hydrogen-bond acceptors (Lipinski definition) is 4. The molecule has 0 bridgehead atoms. The zero-order chi connectivity index (χ0) is 15.5. The number of nitrogens with zero attached hydrogens (tertiary/aromatic N) is 1. The van der Waals surface area contributed by atoms with Gasteiger partial charge in [-0.25, -0.2) is 4.79 Å². The Morgan fingerprint density at radius 2 is 2.00 bits per heavy atom. The summed E-state index contributed by atoms with van der Waals surface area (Å²) in [5.41, 5.74) is 6.18. The Morgan fingerprint density at radius 3 is 2.57 bits per heavy atom. The molecule has 1 unspecified atom stereocenters. The molecule has 1 atom stereocenters. The summed E-state index contributed by atoms with van der Waals surface area (Å²) in [7, 11) is 0. The van der Waals surface area contributed by atoms with Gasteiger partial charge >= 0.3 is 6.09 Å². The van der Waals surface area contributed by atoms with Crippen molar-refractivity contribution in [2.45, 2.75) is 45.4 Å². The number of amides is 1. The van der Waals surface area contributed by atoms with Crippen LogP contribution in [0.5, 0.6) is 5.75 Å². The van der Waals surface area contributed by atoms with Crippen molar-refractivity contribution in [3.63, 3.8) is 0 Å². The Labute approximate surface area is 126 Å². The molecule has 116 valence electrons. The van der Waals surface area contributed by atoms with Gasteiger partial charge in [0.2, 0.25) is 0 Å². The van der Waals surface area contributed by atoms with Gasteiger partial charge in [0.05, 0.1) is 6.54 Å².